The molecule has 2 heterocycles. The summed E-state index contributed by atoms with van der Waals surface area (Å²) < 4.78 is 0. The van der Waals surface area contributed by atoms with Gasteiger partial charge in [-0.3, -0.25) is 4.98 Å². The number of nitrogens with two attached hydrogens (primary N) is 1. The van der Waals surface area contributed by atoms with Crippen molar-refractivity contribution in [3.8, 4) is 0 Å². The third-order valence-corrected chi connectivity index (χ3v) is 3.49. The Morgan fingerprint density at radius 3 is 2.50 bits per heavy atom. The molecule has 0 radical (unpaired) electrons. The summed E-state index contributed by atoms with van der Waals surface area (Å²) in [6, 6.07) is 10.0. The minimum Gasteiger partial charge on any atom is -0.393 e. The molecule has 24 heavy (non-hydrogen) atoms. The number of nitrogens with zero attached hydrogens (tertiary/aromatic N) is 3. The number of nitrogen functional groups attached to an aromatic ring is 1. The van der Waals surface area contributed by atoms with Crippen LogP contribution in [-0.4, -0.2) is 20.5 Å². The van der Waals surface area contributed by atoms with Crippen LogP contribution in [0, 0.1) is 6.92 Å². The van der Waals surface area contributed by atoms with Gasteiger partial charge in [-0.15, -0.1) is 0 Å². The molecule has 6 heteroatoms. The number of pyridine rings is 1. The lowest BCUT2D eigenvalue weighted by molar-refractivity contribution is 0.630. The number of para-hydroxylation sites is 1. The van der Waals surface area contributed by atoms with Gasteiger partial charge in [-0.25, -0.2) is 9.97 Å². The van der Waals surface area contributed by atoms with Crippen LogP contribution in [0.3, 0.4) is 0 Å². The Hall–Kier alpha value is -2.89. The van der Waals surface area contributed by atoms with Crippen LogP contribution in [0.25, 0.3) is 10.9 Å². The summed E-state index contributed by atoms with van der Waals surface area (Å²) in [5, 5.41) is 7.64. The van der Waals surface area contributed by atoms with Gasteiger partial charge >= 0.3 is 0 Å². The number of aryl methyl sites for hydroxylation is 1. The van der Waals surface area contributed by atoms with Crippen molar-refractivity contribution in [2.45, 2.75) is 33.2 Å². The lowest BCUT2D eigenvalue weighted by atomic mass is 10.1. The molecule has 3 rings (SSSR count). The SMILES string of the molecule is Cc1ccc2cccc(Nc3ncnc(NC(C)(C)C)c3N)c2n1. The van der Waals surface area contributed by atoms with E-state index in [4.69, 9.17) is 5.73 Å². The first-order valence-corrected chi connectivity index (χ1v) is 7.85. The molecule has 4 N–H and O–H groups in total. The van der Waals surface area contributed by atoms with Crippen molar-refractivity contribution >= 4 is 33.9 Å². The maximum Gasteiger partial charge on any atom is 0.159 e. The Kier molecular flexibility index (Phi) is 3.97. The van der Waals surface area contributed by atoms with Crippen LogP contribution in [-0.2, 0) is 0 Å². The molecule has 0 spiro atoms. The maximum atomic E-state index is 6.24. The van der Waals surface area contributed by atoms with Crippen molar-refractivity contribution in [2.24, 2.45) is 0 Å². The standard InChI is InChI=1S/C18H22N6/c1-11-8-9-12-6-5-7-13(15(12)22-11)23-16-14(19)17(21-10-20-16)24-18(2,3)4/h5-10H,19H2,1-4H3,(H2,20,21,23,24). The van der Waals surface area contributed by atoms with Crippen molar-refractivity contribution in [2.75, 3.05) is 16.4 Å². The average Bonchev–Trinajstić information content (AvgIpc) is 2.50. The van der Waals surface area contributed by atoms with E-state index in [1.54, 1.807) is 0 Å². The highest BCUT2D eigenvalue weighted by Crippen LogP contribution is 2.30. The van der Waals surface area contributed by atoms with Crippen molar-refractivity contribution in [3.05, 3.63) is 42.4 Å². The number of fused-ring (bicyclic) bond motifs is 1. The van der Waals surface area contributed by atoms with E-state index in [1.165, 1.54) is 6.33 Å². The van der Waals surface area contributed by atoms with E-state index >= 15 is 0 Å². The highest BCUT2D eigenvalue weighted by atomic mass is 15.1. The zero-order chi connectivity index (χ0) is 17.3. The van der Waals surface area contributed by atoms with Crippen molar-refractivity contribution in [1.29, 1.82) is 0 Å². The maximum absolute atomic E-state index is 6.24. The molecule has 0 saturated heterocycles. The third-order valence-electron chi connectivity index (χ3n) is 3.49. The second kappa shape index (κ2) is 5.96. The van der Waals surface area contributed by atoms with Crippen LogP contribution in [0.2, 0.25) is 0 Å². The Morgan fingerprint density at radius 2 is 1.75 bits per heavy atom. The van der Waals surface area contributed by atoms with E-state index in [1.807, 2.05) is 31.2 Å². The summed E-state index contributed by atoms with van der Waals surface area (Å²) in [6.07, 6.45) is 1.50. The number of benzene rings is 1. The molecule has 0 unspecified atom stereocenters. The summed E-state index contributed by atoms with van der Waals surface area (Å²) >= 11 is 0. The lowest BCUT2D eigenvalue weighted by Crippen LogP contribution is -2.27. The summed E-state index contributed by atoms with van der Waals surface area (Å²) in [4.78, 5) is 13.1. The molecule has 0 aliphatic rings. The van der Waals surface area contributed by atoms with E-state index in [0.717, 1.165) is 22.3 Å². The minimum atomic E-state index is -0.141. The van der Waals surface area contributed by atoms with Gasteiger partial charge in [0.05, 0.1) is 11.2 Å². The van der Waals surface area contributed by atoms with Crippen LogP contribution >= 0.6 is 0 Å². The minimum absolute atomic E-state index is 0.141. The van der Waals surface area contributed by atoms with E-state index < -0.39 is 0 Å². The number of nitrogens with one attached hydrogen (secondary N) is 2. The zero-order valence-electron chi connectivity index (χ0n) is 14.4. The fourth-order valence-corrected chi connectivity index (χ4v) is 2.42. The molecule has 0 aliphatic carbocycles. The van der Waals surface area contributed by atoms with Gasteiger partial charge in [0.15, 0.2) is 11.6 Å². The topological polar surface area (TPSA) is 88.8 Å². The Labute approximate surface area is 141 Å². The summed E-state index contributed by atoms with van der Waals surface area (Å²) in [7, 11) is 0. The van der Waals surface area contributed by atoms with Gasteiger partial charge in [0.25, 0.3) is 0 Å². The molecule has 0 fully saturated rings. The van der Waals surface area contributed by atoms with E-state index in [0.29, 0.717) is 17.3 Å². The molecule has 2 aromatic heterocycles. The molecule has 0 saturated carbocycles. The molecule has 0 aliphatic heterocycles. The quantitative estimate of drug-likeness (QED) is 0.678. The highest BCUT2D eigenvalue weighted by molar-refractivity contribution is 5.93. The molecule has 0 atom stereocenters. The first-order valence-electron chi connectivity index (χ1n) is 7.85. The van der Waals surface area contributed by atoms with Crippen LogP contribution in [0.15, 0.2) is 36.7 Å². The van der Waals surface area contributed by atoms with Gasteiger partial charge in [0.2, 0.25) is 0 Å². The van der Waals surface area contributed by atoms with E-state index in [9.17, 15) is 0 Å². The van der Waals surface area contributed by atoms with Gasteiger partial charge in [-0.05, 0) is 39.8 Å². The monoisotopic (exact) mass is 322 g/mol. The number of anilines is 4. The molecule has 0 amide bonds. The van der Waals surface area contributed by atoms with Crippen LogP contribution < -0.4 is 16.4 Å². The van der Waals surface area contributed by atoms with E-state index in [2.05, 4.69) is 52.4 Å². The van der Waals surface area contributed by atoms with Crippen LogP contribution in [0.5, 0.6) is 0 Å². The molecule has 3 aromatic rings. The largest absolute Gasteiger partial charge is 0.393 e. The smallest absolute Gasteiger partial charge is 0.159 e. The predicted molar refractivity (Wildman–Crippen MR) is 99.6 cm³/mol. The van der Waals surface area contributed by atoms with Crippen LogP contribution in [0.4, 0.5) is 23.0 Å². The average molecular weight is 322 g/mol. The fourth-order valence-electron chi connectivity index (χ4n) is 2.42. The van der Waals surface area contributed by atoms with Gasteiger partial charge in [-0.1, -0.05) is 18.2 Å². The Morgan fingerprint density at radius 1 is 1.00 bits per heavy atom. The van der Waals surface area contributed by atoms with Gasteiger partial charge in [-0.2, -0.15) is 0 Å². The summed E-state index contributed by atoms with van der Waals surface area (Å²) in [5.41, 5.74) is 9.30. The molecule has 0 bridgehead atoms. The first-order chi connectivity index (χ1) is 11.3. The first kappa shape index (κ1) is 16.0. The van der Waals surface area contributed by atoms with Crippen LogP contribution in [0.1, 0.15) is 26.5 Å². The predicted octanol–water partition coefficient (Wildman–Crippen LogP) is 3.87. The lowest BCUT2D eigenvalue weighted by Gasteiger charge is -2.23. The van der Waals surface area contributed by atoms with E-state index in [-0.39, 0.29) is 5.54 Å². The number of aromatic nitrogens is 3. The van der Waals surface area contributed by atoms with Crippen molar-refractivity contribution < 1.29 is 0 Å². The van der Waals surface area contributed by atoms with Crippen molar-refractivity contribution in [1.82, 2.24) is 15.0 Å². The second-order valence-electron chi connectivity index (χ2n) is 6.81. The Bertz CT molecular complexity index is 882. The molecule has 1 aromatic carbocycles. The Balaban J connectivity index is 2.00. The molecule has 6 nitrogen and oxygen atoms in total. The summed E-state index contributed by atoms with van der Waals surface area (Å²) in [5.74, 6) is 1.18. The van der Waals surface area contributed by atoms with Gasteiger partial charge < -0.3 is 16.4 Å². The van der Waals surface area contributed by atoms with Crippen molar-refractivity contribution in [3.63, 3.8) is 0 Å². The highest BCUT2D eigenvalue weighted by Gasteiger charge is 2.15. The van der Waals surface area contributed by atoms with Gasteiger partial charge in [0.1, 0.15) is 12.0 Å². The third kappa shape index (κ3) is 3.37. The number of hydrogen-bond donors (Lipinski definition) is 3. The second-order valence-corrected chi connectivity index (χ2v) is 6.81. The molecule has 124 valence electrons. The molecular formula is C18H22N6. The number of rotatable bonds is 3. The number of hydrogen-bond acceptors (Lipinski definition) is 6. The summed E-state index contributed by atoms with van der Waals surface area (Å²) in [6.45, 7) is 8.14. The van der Waals surface area contributed by atoms with Gasteiger partial charge in [0, 0.05) is 16.6 Å². The normalized spacial score (nSPS) is 11.5. The molecular weight excluding hydrogens is 300 g/mol. The fraction of sp³-hybridized carbons (Fsp3) is 0.278. The zero-order valence-corrected chi connectivity index (χ0v) is 14.4.